The van der Waals surface area contributed by atoms with Crippen LogP contribution in [-0.4, -0.2) is 18.7 Å². The Balaban J connectivity index is 1.13. The molecule has 13 atom stereocenters. The second kappa shape index (κ2) is 9.43. The molecule has 0 aliphatic heterocycles. The summed E-state index contributed by atoms with van der Waals surface area (Å²) in [5.74, 6) is 8.12. The molecule has 0 amide bonds. The van der Waals surface area contributed by atoms with Crippen molar-refractivity contribution in [1.82, 2.24) is 0 Å². The molecule has 0 radical (unpaired) electrons. The lowest BCUT2D eigenvalue weighted by Gasteiger charge is -2.55. The van der Waals surface area contributed by atoms with E-state index in [0.29, 0.717) is 53.5 Å². The molecule has 8 rings (SSSR count). The Morgan fingerprint density at radius 1 is 0.780 bits per heavy atom. The molecule has 0 aromatic heterocycles. The molecule has 0 heterocycles. The van der Waals surface area contributed by atoms with Crippen LogP contribution in [0.2, 0.25) is 0 Å². The molecule has 2 unspecified atom stereocenters. The Kier molecular flexibility index (Phi) is 6.20. The molecule has 1 aromatic carbocycles. The van der Waals surface area contributed by atoms with Crippen LogP contribution in [0, 0.1) is 70.0 Å². The van der Waals surface area contributed by atoms with E-state index < -0.39 is 0 Å². The normalized spacial score (nSPS) is 50.2. The van der Waals surface area contributed by atoms with Crippen LogP contribution in [0.3, 0.4) is 0 Å². The van der Waals surface area contributed by atoms with Crippen LogP contribution >= 0.6 is 0 Å². The topological polar surface area (TPSA) is 43.4 Å². The van der Waals surface area contributed by atoms with E-state index in [1.54, 1.807) is 7.11 Å². The fourth-order valence-corrected chi connectivity index (χ4v) is 13.7. The molecular formula is C38H52O3. The van der Waals surface area contributed by atoms with Crippen molar-refractivity contribution in [3.8, 4) is 5.75 Å². The molecule has 6 fully saturated rings. The van der Waals surface area contributed by atoms with Gasteiger partial charge in [-0.25, -0.2) is 0 Å². The van der Waals surface area contributed by atoms with Gasteiger partial charge in [-0.1, -0.05) is 46.1 Å². The summed E-state index contributed by atoms with van der Waals surface area (Å²) in [6, 6.07) is 6.74. The summed E-state index contributed by atoms with van der Waals surface area (Å²) in [5, 5.41) is 0. The van der Waals surface area contributed by atoms with Gasteiger partial charge in [-0.15, -0.1) is 0 Å². The van der Waals surface area contributed by atoms with Crippen LogP contribution in [0.25, 0.3) is 0 Å². The Bertz CT molecular complexity index is 1250. The number of ether oxygens (including phenoxy) is 1. The van der Waals surface area contributed by atoms with Gasteiger partial charge in [0.05, 0.1) is 7.11 Å². The molecule has 0 bridgehead atoms. The third-order valence-corrected chi connectivity index (χ3v) is 15.3. The second-order valence-electron chi connectivity index (χ2n) is 16.5. The summed E-state index contributed by atoms with van der Waals surface area (Å²) in [4.78, 5) is 28.8. The van der Waals surface area contributed by atoms with Crippen molar-refractivity contribution in [2.24, 2.45) is 70.0 Å². The van der Waals surface area contributed by atoms with E-state index in [-0.39, 0.29) is 22.7 Å². The Morgan fingerprint density at radius 2 is 1.59 bits per heavy atom. The van der Waals surface area contributed by atoms with Crippen molar-refractivity contribution in [1.29, 1.82) is 0 Å². The van der Waals surface area contributed by atoms with Crippen molar-refractivity contribution < 1.29 is 14.3 Å². The molecular weight excluding hydrogens is 504 g/mol. The molecule has 222 valence electrons. The zero-order valence-corrected chi connectivity index (χ0v) is 26.0. The zero-order valence-electron chi connectivity index (χ0n) is 26.0. The molecule has 1 aromatic rings. The van der Waals surface area contributed by atoms with E-state index in [1.165, 1.54) is 62.5 Å². The first kappa shape index (κ1) is 26.9. The smallest absolute Gasteiger partial charge is 0.142 e. The highest BCUT2D eigenvalue weighted by molar-refractivity contribution is 5.93. The van der Waals surface area contributed by atoms with E-state index >= 15 is 0 Å². The van der Waals surface area contributed by atoms with Crippen molar-refractivity contribution in [2.45, 2.75) is 110 Å². The predicted molar refractivity (Wildman–Crippen MR) is 162 cm³/mol. The van der Waals surface area contributed by atoms with Crippen LogP contribution in [-0.2, 0) is 16.0 Å². The molecule has 0 spiro atoms. The molecule has 41 heavy (non-hydrogen) atoms. The number of benzene rings is 1. The first-order chi connectivity index (χ1) is 19.8. The minimum absolute atomic E-state index is 0.0830. The molecule has 7 aliphatic carbocycles. The molecule has 3 heteroatoms. The SMILES string of the molecule is COc1ccc2c(c1)CC[C@H]1[C@@H]3[C@H](C)[C@@H]([C@@H]4CC(=O)[C@@]5(C)CC[C@@H]6C7CCCCC7CC[C@H]6[C@H]45)C(=O)[C@@]3(C)CC[C@H]21. The molecule has 7 aliphatic rings. The highest BCUT2D eigenvalue weighted by Crippen LogP contribution is 2.69. The maximum atomic E-state index is 14.8. The monoisotopic (exact) mass is 556 g/mol. The van der Waals surface area contributed by atoms with Crippen molar-refractivity contribution in [3.63, 3.8) is 0 Å². The van der Waals surface area contributed by atoms with E-state index in [9.17, 15) is 9.59 Å². The minimum Gasteiger partial charge on any atom is -0.497 e. The largest absolute Gasteiger partial charge is 0.497 e. The van der Waals surface area contributed by atoms with Gasteiger partial charge in [0, 0.05) is 23.2 Å². The standard InChI is InChI=1S/C38H52O3/c1-21-33(31-20-32(39)37(2)17-15-27-25-8-6-5-7-22(25)9-12-30(27)35(31)37)36(40)38(3)18-16-28-26-14-11-24(41-4)19-23(26)10-13-29(28)34(21)38/h11,14,19,21-22,25,27-31,33-35H,5-10,12-13,15-18,20H2,1-4H3/t21-,22?,25?,27-,28-,29-,30-,31+,33+,34+,35-,37-,38+/m1/s1. The summed E-state index contributed by atoms with van der Waals surface area (Å²) in [7, 11) is 1.76. The fraction of sp³-hybridized carbons (Fsp3) is 0.789. The van der Waals surface area contributed by atoms with Crippen LogP contribution in [0.15, 0.2) is 18.2 Å². The fourth-order valence-electron chi connectivity index (χ4n) is 13.7. The van der Waals surface area contributed by atoms with E-state index in [4.69, 9.17) is 4.74 Å². The maximum Gasteiger partial charge on any atom is 0.142 e. The third kappa shape index (κ3) is 3.62. The number of Topliss-reactive ketones (excluding diaryl/α,β-unsaturated/α-hetero) is 2. The van der Waals surface area contributed by atoms with E-state index in [2.05, 4.69) is 39.0 Å². The van der Waals surface area contributed by atoms with Crippen LogP contribution in [0.4, 0.5) is 0 Å². The highest BCUT2D eigenvalue weighted by Gasteiger charge is 2.68. The number of ketones is 2. The van der Waals surface area contributed by atoms with Gasteiger partial charge in [0.2, 0.25) is 0 Å². The number of carbonyl (C=O) groups excluding carboxylic acids is 2. The van der Waals surface area contributed by atoms with Gasteiger partial charge in [-0.2, -0.15) is 0 Å². The van der Waals surface area contributed by atoms with Gasteiger partial charge in [-0.05, 0) is 140 Å². The summed E-state index contributed by atoms with van der Waals surface area (Å²) >= 11 is 0. The Hall–Kier alpha value is -1.64. The summed E-state index contributed by atoms with van der Waals surface area (Å²) in [6.07, 6.45) is 15.8. The number of rotatable bonds is 2. The molecule has 6 saturated carbocycles. The molecule has 0 N–H and O–H groups in total. The van der Waals surface area contributed by atoms with Gasteiger partial charge in [0.25, 0.3) is 0 Å². The van der Waals surface area contributed by atoms with Crippen molar-refractivity contribution in [3.05, 3.63) is 29.3 Å². The van der Waals surface area contributed by atoms with Crippen molar-refractivity contribution >= 4 is 11.6 Å². The summed E-state index contributed by atoms with van der Waals surface area (Å²) in [6.45, 7) is 7.14. The van der Waals surface area contributed by atoms with Crippen molar-refractivity contribution in [2.75, 3.05) is 7.11 Å². The summed E-state index contributed by atoms with van der Waals surface area (Å²) < 4.78 is 5.56. The quantitative estimate of drug-likeness (QED) is 0.367. The van der Waals surface area contributed by atoms with Gasteiger partial charge in [0.15, 0.2) is 0 Å². The van der Waals surface area contributed by atoms with E-state index in [1.807, 2.05) is 0 Å². The first-order valence-corrected chi connectivity index (χ1v) is 17.5. The average molecular weight is 557 g/mol. The Labute approximate surface area is 248 Å². The van der Waals surface area contributed by atoms with Gasteiger partial charge in [-0.3, -0.25) is 9.59 Å². The van der Waals surface area contributed by atoms with Gasteiger partial charge < -0.3 is 4.74 Å². The van der Waals surface area contributed by atoms with E-state index in [0.717, 1.165) is 49.2 Å². The van der Waals surface area contributed by atoms with Crippen LogP contribution < -0.4 is 4.74 Å². The lowest BCUT2D eigenvalue weighted by Crippen LogP contribution is -2.50. The predicted octanol–water partition coefficient (Wildman–Crippen LogP) is 8.43. The highest BCUT2D eigenvalue weighted by atomic mass is 16.5. The number of hydrogen-bond donors (Lipinski definition) is 0. The van der Waals surface area contributed by atoms with Crippen LogP contribution in [0.5, 0.6) is 5.75 Å². The number of methoxy groups -OCH3 is 1. The lowest BCUT2D eigenvalue weighted by molar-refractivity contribution is -0.137. The van der Waals surface area contributed by atoms with Gasteiger partial charge in [0.1, 0.15) is 17.3 Å². The summed E-state index contributed by atoms with van der Waals surface area (Å²) in [5.41, 5.74) is 2.58. The Morgan fingerprint density at radius 3 is 2.41 bits per heavy atom. The van der Waals surface area contributed by atoms with Gasteiger partial charge >= 0.3 is 0 Å². The average Bonchev–Trinajstić information content (AvgIpc) is 3.37. The number of aryl methyl sites for hydroxylation is 1. The number of hydrogen-bond acceptors (Lipinski definition) is 3. The second-order valence-corrected chi connectivity index (χ2v) is 16.5. The molecule has 0 saturated heterocycles. The maximum absolute atomic E-state index is 14.8. The lowest BCUT2D eigenvalue weighted by atomic mass is 9.49. The third-order valence-electron chi connectivity index (χ3n) is 15.3. The minimum atomic E-state index is -0.216. The molecule has 3 nitrogen and oxygen atoms in total. The first-order valence-electron chi connectivity index (χ1n) is 17.5. The zero-order chi connectivity index (χ0) is 28.3. The number of carbonyl (C=O) groups is 2. The number of fused-ring (bicyclic) bond motifs is 10. The van der Waals surface area contributed by atoms with Crippen LogP contribution in [0.1, 0.15) is 115 Å².